The van der Waals surface area contributed by atoms with Gasteiger partial charge in [0.25, 0.3) is 5.91 Å². The first-order valence-corrected chi connectivity index (χ1v) is 8.56. The molecule has 0 atom stereocenters. The van der Waals surface area contributed by atoms with E-state index in [2.05, 4.69) is 10.2 Å². The monoisotopic (exact) mass is 336 g/mol. The molecule has 3 heterocycles. The first kappa shape index (κ1) is 15.2. The molecule has 2 aromatic rings. The predicted octanol–water partition coefficient (Wildman–Crippen LogP) is 2.84. The molecule has 0 saturated heterocycles. The van der Waals surface area contributed by atoms with E-state index in [1.54, 1.807) is 6.07 Å². The second kappa shape index (κ2) is 6.20. The Hall–Kier alpha value is -1.70. The summed E-state index contributed by atoms with van der Waals surface area (Å²) in [5, 5.41) is 5.31. The van der Waals surface area contributed by atoms with Crippen LogP contribution in [-0.2, 0) is 17.7 Å². The lowest BCUT2D eigenvalue weighted by molar-refractivity contribution is 0.0600. The van der Waals surface area contributed by atoms with E-state index in [0.29, 0.717) is 15.4 Å². The zero-order valence-corrected chi connectivity index (χ0v) is 14.0. The van der Waals surface area contributed by atoms with E-state index >= 15 is 0 Å². The highest BCUT2D eigenvalue weighted by Crippen LogP contribution is 2.37. The van der Waals surface area contributed by atoms with E-state index in [9.17, 15) is 9.59 Å². The molecule has 0 bridgehead atoms. The van der Waals surface area contributed by atoms with E-state index < -0.39 is 0 Å². The molecule has 0 spiro atoms. The molecule has 1 N–H and O–H groups in total. The van der Waals surface area contributed by atoms with E-state index in [1.165, 1.54) is 29.8 Å². The Balaban J connectivity index is 1.96. The van der Waals surface area contributed by atoms with Crippen molar-refractivity contribution in [3.8, 4) is 0 Å². The summed E-state index contributed by atoms with van der Waals surface area (Å²) in [7, 11) is 3.41. The Morgan fingerprint density at radius 2 is 2.23 bits per heavy atom. The molecule has 1 amide bonds. The fraction of sp³-hybridized carbons (Fsp3) is 0.333. The second-order valence-corrected chi connectivity index (χ2v) is 7.17. The zero-order valence-electron chi connectivity index (χ0n) is 12.3. The van der Waals surface area contributed by atoms with Crippen molar-refractivity contribution in [3.05, 3.63) is 38.4 Å². The Bertz CT molecular complexity index is 707. The number of anilines is 1. The first-order chi connectivity index (χ1) is 10.6. The van der Waals surface area contributed by atoms with Gasteiger partial charge in [-0.2, -0.15) is 0 Å². The topological polar surface area (TPSA) is 58.6 Å². The van der Waals surface area contributed by atoms with Crippen molar-refractivity contribution in [1.29, 1.82) is 0 Å². The number of rotatable bonds is 3. The van der Waals surface area contributed by atoms with Gasteiger partial charge in [-0.3, -0.25) is 4.79 Å². The van der Waals surface area contributed by atoms with Crippen molar-refractivity contribution in [1.82, 2.24) is 4.90 Å². The van der Waals surface area contributed by atoms with Gasteiger partial charge in [0.05, 0.1) is 17.6 Å². The summed E-state index contributed by atoms with van der Waals surface area (Å²) in [6.07, 6.45) is 0.793. The third-order valence-corrected chi connectivity index (χ3v) is 5.61. The summed E-state index contributed by atoms with van der Waals surface area (Å²) in [6, 6.07) is 3.59. The van der Waals surface area contributed by atoms with Crippen LogP contribution >= 0.6 is 22.7 Å². The summed E-state index contributed by atoms with van der Waals surface area (Å²) in [5.74, 6) is -0.573. The van der Waals surface area contributed by atoms with Crippen LogP contribution < -0.4 is 5.32 Å². The Labute approximate surface area is 136 Å². The number of amides is 1. The summed E-state index contributed by atoms with van der Waals surface area (Å²) in [4.78, 5) is 28.3. The van der Waals surface area contributed by atoms with Gasteiger partial charge in [-0.25, -0.2) is 4.79 Å². The number of fused-ring (bicyclic) bond motifs is 1. The van der Waals surface area contributed by atoms with Gasteiger partial charge in [0.15, 0.2) is 0 Å². The minimum absolute atomic E-state index is 0.188. The maximum absolute atomic E-state index is 12.3. The van der Waals surface area contributed by atoms with Crippen LogP contribution in [0.5, 0.6) is 0 Å². The van der Waals surface area contributed by atoms with Gasteiger partial charge in [0, 0.05) is 18.0 Å². The molecule has 1 aliphatic rings. The number of carbonyl (C=O) groups is 2. The molecular weight excluding hydrogens is 320 g/mol. The SMILES string of the molecule is COC(=O)c1c(NC(=O)c2cccs2)sc2c1CCN(C)C2. The van der Waals surface area contributed by atoms with Crippen molar-refractivity contribution in [2.24, 2.45) is 0 Å². The number of hydrogen-bond donors (Lipinski definition) is 1. The number of carbonyl (C=O) groups excluding carboxylic acids is 2. The van der Waals surface area contributed by atoms with Crippen molar-refractivity contribution in [3.63, 3.8) is 0 Å². The van der Waals surface area contributed by atoms with Gasteiger partial charge >= 0.3 is 5.97 Å². The lowest BCUT2D eigenvalue weighted by Gasteiger charge is -2.22. The largest absolute Gasteiger partial charge is 0.465 e. The second-order valence-electron chi connectivity index (χ2n) is 5.12. The highest BCUT2D eigenvalue weighted by atomic mass is 32.1. The zero-order chi connectivity index (χ0) is 15.7. The predicted molar refractivity (Wildman–Crippen MR) is 88.0 cm³/mol. The van der Waals surface area contributed by atoms with Gasteiger partial charge < -0.3 is 15.0 Å². The number of methoxy groups -OCH3 is 1. The van der Waals surface area contributed by atoms with Gasteiger partial charge in [-0.15, -0.1) is 22.7 Å². The summed E-state index contributed by atoms with van der Waals surface area (Å²) in [5.41, 5.74) is 1.52. The average Bonchev–Trinajstić information content (AvgIpc) is 3.13. The van der Waals surface area contributed by atoms with Crippen LogP contribution in [-0.4, -0.2) is 37.5 Å². The molecule has 116 valence electrons. The van der Waals surface area contributed by atoms with Crippen molar-refractivity contribution >= 4 is 39.6 Å². The van der Waals surface area contributed by atoms with Crippen LogP contribution in [0.15, 0.2) is 17.5 Å². The quantitative estimate of drug-likeness (QED) is 0.876. The van der Waals surface area contributed by atoms with Crippen molar-refractivity contribution in [2.75, 3.05) is 26.0 Å². The fourth-order valence-electron chi connectivity index (χ4n) is 2.51. The molecular formula is C15H16N2O3S2. The minimum Gasteiger partial charge on any atom is -0.465 e. The average molecular weight is 336 g/mol. The molecule has 0 unspecified atom stereocenters. The van der Waals surface area contributed by atoms with Crippen LogP contribution in [0.1, 0.15) is 30.5 Å². The summed E-state index contributed by atoms with van der Waals surface area (Å²) >= 11 is 2.84. The third-order valence-electron chi connectivity index (χ3n) is 3.61. The smallest absolute Gasteiger partial charge is 0.341 e. The maximum Gasteiger partial charge on any atom is 0.341 e. The lowest BCUT2D eigenvalue weighted by Crippen LogP contribution is -2.26. The van der Waals surface area contributed by atoms with Crippen LogP contribution in [0.25, 0.3) is 0 Å². The summed E-state index contributed by atoms with van der Waals surface area (Å²) < 4.78 is 4.91. The van der Waals surface area contributed by atoms with Crippen molar-refractivity contribution < 1.29 is 14.3 Å². The Kier molecular flexibility index (Phi) is 4.28. The molecule has 5 nitrogen and oxygen atoms in total. The maximum atomic E-state index is 12.3. The molecule has 1 aliphatic heterocycles. The molecule has 3 rings (SSSR count). The van der Waals surface area contributed by atoms with Gasteiger partial charge in [0.1, 0.15) is 5.00 Å². The van der Waals surface area contributed by atoms with Gasteiger partial charge in [0.2, 0.25) is 0 Å². The highest BCUT2D eigenvalue weighted by molar-refractivity contribution is 7.17. The highest BCUT2D eigenvalue weighted by Gasteiger charge is 2.28. The van der Waals surface area contributed by atoms with Crippen LogP contribution in [0.3, 0.4) is 0 Å². The molecule has 0 radical (unpaired) electrons. The molecule has 22 heavy (non-hydrogen) atoms. The molecule has 0 saturated carbocycles. The summed E-state index contributed by atoms with van der Waals surface area (Å²) in [6.45, 7) is 1.69. The van der Waals surface area contributed by atoms with Gasteiger partial charge in [-0.05, 0) is 30.5 Å². The molecule has 7 heteroatoms. The number of nitrogens with zero attached hydrogens (tertiary/aromatic N) is 1. The normalized spacial score (nSPS) is 14.5. The number of nitrogens with one attached hydrogen (secondary N) is 1. The molecule has 0 aliphatic carbocycles. The van der Waals surface area contributed by atoms with Crippen LogP contribution in [0.2, 0.25) is 0 Å². The molecule has 0 fully saturated rings. The number of likely N-dealkylation sites (N-methyl/N-ethyl adjacent to an activating group) is 1. The fourth-order valence-corrected chi connectivity index (χ4v) is 4.44. The van der Waals surface area contributed by atoms with Crippen LogP contribution in [0, 0.1) is 0 Å². The van der Waals surface area contributed by atoms with Crippen molar-refractivity contribution in [2.45, 2.75) is 13.0 Å². The number of esters is 1. The van der Waals surface area contributed by atoms with E-state index in [-0.39, 0.29) is 11.9 Å². The lowest BCUT2D eigenvalue weighted by atomic mass is 10.0. The van der Waals surface area contributed by atoms with E-state index in [0.717, 1.165) is 30.0 Å². The number of thiophene rings is 2. The van der Waals surface area contributed by atoms with E-state index in [4.69, 9.17) is 4.74 Å². The number of hydrogen-bond acceptors (Lipinski definition) is 6. The Morgan fingerprint density at radius 3 is 2.91 bits per heavy atom. The molecule has 2 aromatic heterocycles. The van der Waals surface area contributed by atoms with E-state index in [1.807, 2.05) is 18.5 Å². The third kappa shape index (κ3) is 2.79. The van der Waals surface area contributed by atoms with Crippen LogP contribution in [0.4, 0.5) is 5.00 Å². The minimum atomic E-state index is -0.386. The Morgan fingerprint density at radius 1 is 1.41 bits per heavy atom. The standard InChI is InChI=1S/C15H16N2O3S2/c1-17-6-5-9-11(8-17)22-14(12(9)15(19)20-2)16-13(18)10-4-3-7-21-10/h3-4,7H,5-6,8H2,1-2H3,(H,16,18). The number of ether oxygens (including phenoxy) is 1. The van der Waals surface area contributed by atoms with Gasteiger partial charge in [-0.1, -0.05) is 6.07 Å². The first-order valence-electron chi connectivity index (χ1n) is 6.86. The molecule has 0 aromatic carbocycles.